The molecule has 0 aliphatic carbocycles. The zero-order chi connectivity index (χ0) is 27.0. The zero-order valence-corrected chi connectivity index (χ0v) is 21.5. The van der Waals surface area contributed by atoms with Crippen molar-refractivity contribution in [1.82, 2.24) is 14.6 Å². The number of benzene rings is 1. The first-order chi connectivity index (χ1) is 17.4. The van der Waals surface area contributed by atoms with E-state index in [1.54, 1.807) is 25.7 Å². The Kier molecular flexibility index (Phi) is 7.40. The smallest absolute Gasteiger partial charge is 0.416 e. The van der Waals surface area contributed by atoms with Crippen LogP contribution in [0.1, 0.15) is 44.5 Å². The van der Waals surface area contributed by atoms with Crippen LogP contribution in [0.3, 0.4) is 0 Å². The van der Waals surface area contributed by atoms with E-state index < -0.39 is 23.4 Å². The molecule has 1 saturated heterocycles. The van der Waals surface area contributed by atoms with Gasteiger partial charge in [0, 0.05) is 25.2 Å². The molecule has 202 valence electrons. The second kappa shape index (κ2) is 10.2. The van der Waals surface area contributed by atoms with Gasteiger partial charge in [-0.25, -0.2) is 9.78 Å². The summed E-state index contributed by atoms with van der Waals surface area (Å²) in [6.07, 6.45) is -4.60. The van der Waals surface area contributed by atoms with Gasteiger partial charge in [-0.15, -0.1) is 0 Å². The van der Waals surface area contributed by atoms with E-state index in [4.69, 9.17) is 14.5 Å². The summed E-state index contributed by atoms with van der Waals surface area (Å²) in [4.78, 5) is 34.7. The predicted octanol–water partition coefficient (Wildman–Crippen LogP) is 3.68. The maximum atomic E-state index is 13.9. The first kappa shape index (κ1) is 26.8. The molecule has 2 aliphatic heterocycles. The molecule has 0 N–H and O–H groups in total. The van der Waals surface area contributed by atoms with Gasteiger partial charge in [0.2, 0.25) is 5.95 Å². The number of alkyl halides is 3. The molecule has 0 radical (unpaired) electrons. The van der Waals surface area contributed by atoms with Crippen LogP contribution in [0.2, 0.25) is 0 Å². The van der Waals surface area contributed by atoms with Crippen molar-refractivity contribution in [2.24, 2.45) is 0 Å². The molecule has 12 heteroatoms. The number of fused-ring (bicyclic) bond motifs is 1. The highest BCUT2D eigenvalue weighted by Gasteiger charge is 2.33. The Morgan fingerprint density at radius 2 is 1.76 bits per heavy atom. The van der Waals surface area contributed by atoms with Crippen molar-refractivity contribution in [3.63, 3.8) is 0 Å². The number of hydrogen-bond acceptors (Lipinski definition) is 7. The minimum Gasteiger partial charge on any atom is -0.444 e. The highest BCUT2D eigenvalue weighted by Crippen LogP contribution is 2.32. The monoisotopic (exact) mass is 523 g/mol. The second-order valence-corrected chi connectivity index (χ2v) is 9.96. The fourth-order valence-corrected chi connectivity index (χ4v) is 4.39. The molecule has 0 saturated carbocycles. The van der Waals surface area contributed by atoms with Crippen LogP contribution in [0.25, 0.3) is 0 Å². The van der Waals surface area contributed by atoms with E-state index in [1.165, 1.54) is 21.7 Å². The van der Waals surface area contributed by atoms with E-state index in [2.05, 4.69) is 0 Å². The summed E-state index contributed by atoms with van der Waals surface area (Å²) in [5.41, 5.74) is -0.295. The summed E-state index contributed by atoms with van der Waals surface area (Å²) < 4.78 is 51.8. The number of aromatic nitrogens is 2. The van der Waals surface area contributed by atoms with Gasteiger partial charge in [0.05, 0.1) is 49.7 Å². The quantitative estimate of drug-likeness (QED) is 0.605. The molecule has 1 fully saturated rings. The molecule has 1 aromatic heterocycles. The molecule has 3 heterocycles. The van der Waals surface area contributed by atoms with Gasteiger partial charge in [-0.1, -0.05) is 0 Å². The number of ether oxygens (including phenoxy) is 2. The van der Waals surface area contributed by atoms with Crippen LogP contribution < -0.4 is 15.5 Å². The minimum atomic E-state index is -4.45. The molecule has 37 heavy (non-hydrogen) atoms. The number of nitrogens with zero attached hydrogens (tertiary/aromatic N) is 5. The van der Waals surface area contributed by atoms with Gasteiger partial charge in [-0.2, -0.15) is 17.8 Å². The molecular weight excluding hydrogens is 491 g/mol. The number of amides is 1. The van der Waals surface area contributed by atoms with Crippen LogP contribution in [-0.4, -0.2) is 65.6 Å². The molecule has 1 aromatic carbocycles. The number of anilines is 2. The maximum absolute atomic E-state index is 13.9. The summed E-state index contributed by atoms with van der Waals surface area (Å²) >= 11 is 0. The molecule has 2 aromatic rings. The topological polar surface area (TPSA) is 80.1 Å². The number of morpholine rings is 1. The van der Waals surface area contributed by atoms with Crippen LogP contribution in [0.15, 0.2) is 29.1 Å². The molecule has 0 bridgehead atoms. The van der Waals surface area contributed by atoms with Gasteiger partial charge in [-0.05, 0) is 52.0 Å². The van der Waals surface area contributed by atoms with Crippen LogP contribution in [-0.2, 0) is 28.6 Å². The van der Waals surface area contributed by atoms with Crippen molar-refractivity contribution in [1.29, 1.82) is 0 Å². The van der Waals surface area contributed by atoms with Gasteiger partial charge in [0.1, 0.15) is 5.60 Å². The van der Waals surface area contributed by atoms with Gasteiger partial charge >= 0.3 is 12.3 Å². The highest BCUT2D eigenvalue weighted by molar-refractivity contribution is 5.68. The fraction of sp³-hybridized carbons (Fsp3) is 0.560. The lowest BCUT2D eigenvalue weighted by molar-refractivity contribution is -0.137. The van der Waals surface area contributed by atoms with Gasteiger partial charge in [0.15, 0.2) is 0 Å². The maximum Gasteiger partial charge on any atom is 0.416 e. The Hall–Kier alpha value is -3.28. The lowest BCUT2D eigenvalue weighted by Crippen LogP contribution is -2.53. The third kappa shape index (κ3) is 5.84. The largest absolute Gasteiger partial charge is 0.444 e. The van der Waals surface area contributed by atoms with Crippen molar-refractivity contribution in [2.75, 3.05) is 49.3 Å². The minimum absolute atomic E-state index is 0.0626. The number of carbonyl (C=O) groups excluding carboxylic acids is 1. The molecule has 0 unspecified atom stereocenters. The summed E-state index contributed by atoms with van der Waals surface area (Å²) in [7, 11) is 0. The fourth-order valence-electron chi connectivity index (χ4n) is 4.39. The van der Waals surface area contributed by atoms with E-state index >= 15 is 0 Å². The van der Waals surface area contributed by atoms with Crippen molar-refractivity contribution in [3.05, 3.63) is 51.4 Å². The number of halogens is 3. The summed E-state index contributed by atoms with van der Waals surface area (Å²) in [5.74, 6) is 0.318. The molecule has 2 aliphatic rings. The first-order valence-electron chi connectivity index (χ1n) is 12.3. The third-order valence-electron chi connectivity index (χ3n) is 6.18. The molecule has 4 rings (SSSR count). The molecule has 9 nitrogen and oxygen atoms in total. The number of hydrogen-bond donors (Lipinski definition) is 0. The van der Waals surface area contributed by atoms with E-state index in [9.17, 15) is 22.8 Å². The lowest BCUT2D eigenvalue weighted by atomic mass is 10.1. The zero-order valence-electron chi connectivity index (χ0n) is 21.5. The summed E-state index contributed by atoms with van der Waals surface area (Å²) in [6.45, 7) is 9.66. The summed E-state index contributed by atoms with van der Waals surface area (Å²) in [6, 6.07) is 4.80. The van der Waals surface area contributed by atoms with E-state index in [0.717, 1.165) is 12.1 Å². The van der Waals surface area contributed by atoms with Crippen molar-refractivity contribution < 1.29 is 27.4 Å². The van der Waals surface area contributed by atoms with Crippen LogP contribution in [0, 0.1) is 0 Å². The Balaban J connectivity index is 1.77. The lowest BCUT2D eigenvalue weighted by Gasteiger charge is -2.37. The van der Waals surface area contributed by atoms with E-state index in [0.29, 0.717) is 68.7 Å². The predicted molar refractivity (Wildman–Crippen MR) is 132 cm³/mol. The summed E-state index contributed by atoms with van der Waals surface area (Å²) in [5, 5.41) is 1.83. The third-order valence-corrected chi connectivity index (χ3v) is 6.18. The SMILES string of the molecule is CCN(c1ccc(C(F)(F)F)cc1)c1nc2c(c(=O)n1N1CCOCC1)CN(C(=O)OC(C)(C)C)CC2. The Labute approximate surface area is 213 Å². The van der Waals surface area contributed by atoms with Crippen molar-refractivity contribution in [3.8, 4) is 0 Å². The van der Waals surface area contributed by atoms with E-state index in [1.807, 2.05) is 11.9 Å². The Morgan fingerprint density at radius 3 is 2.32 bits per heavy atom. The van der Waals surface area contributed by atoms with Crippen LogP contribution in [0.4, 0.5) is 29.6 Å². The van der Waals surface area contributed by atoms with Gasteiger partial charge < -0.3 is 24.3 Å². The highest BCUT2D eigenvalue weighted by atomic mass is 19.4. The van der Waals surface area contributed by atoms with E-state index in [-0.39, 0.29) is 12.1 Å². The van der Waals surface area contributed by atoms with Gasteiger partial charge in [0.25, 0.3) is 5.56 Å². The van der Waals surface area contributed by atoms with Crippen molar-refractivity contribution in [2.45, 2.75) is 52.4 Å². The standard InChI is InChI=1S/C25H32F3N5O4/c1-5-32(18-8-6-17(7-9-18)25(26,27)28)22-29-20-10-11-30(23(35)37-24(2,3)4)16-19(20)21(34)33(22)31-12-14-36-15-13-31/h6-9H,5,10-16H2,1-4H3. The molecule has 0 spiro atoms. The molecular formula is C25H32F3N5O4. The average molecular weight is 524 g/mol. The van der Waals surface area contributed by atoms with Crippen LogP contribution in [0.5, 0.6) is 0 Å². The normalized spacial score (nSPS) is 16.4. The molecule has 0 atom stereocenters. The van der Waals surface area contributed by atoms with Crippen molar-refractivity contribution >= 4 is 17.7 Å². The Bertz CT molecular complexity index is 1190. The number of carbonyl (C=O) groups is 1. The second-order valence-electron chi connectivity index (χ2n) is 9.96. The number of rotatable bonds is 4. The Morgan fingerprint density at radius 1 is 1.11 bits per heavy atom. The average Bonchev–Trinajstić information content (AvgIpc) is 2.84. The van der Waals surface area contributed by atoms with Gasteiger partial charge in [-0.3, -0.25) is 4.79 Å². The van der Waals surface area contributed by atoms with Crippen LogP contribution >= 0.6 is 0 Å². The first-order valence-corrected chi connectivity index (χ1v) is 12.3. The molecule has 1 amide bonds.